The number of hydrogen-bond donors (Lipinski definition) is 1. The second kappa shape index (κ2) is 6.52. The highest BCUT2D eigenvalue weighted by molar-refractivity contribution is 7.98. The lowest BCUT2D eigenvalue weighted by Crippen LogP contribution is -2.25. The molecule has 0 radical (unpaired) electrons. The Morgan fingerprint density at radius 2 is 2.04 bits per heavy atom. The van der Waals surface area contributed by atoms with Gasteiger partial charge in [0.1, 0.15) is 12.0 Å². The molecule has 0 spiro atoms. The molecule has 1 N–H and O–H groups in total. The third kappa shape index (κ3) is 3.07. The maximum absolute atomic E-state index is 12.7. The molecular weight excluding hydrogens is 328 g/mol. The van der Waals surface area contributed by atoms with Crippen molar-refractivity contribution >= 4 is 22.7 Å². The van der Waals surface area contributed by atoms with Crippen molar-refractivity contribution in [2.24, 2.45) is 0 Å². The van der Waals surface area contributed by atoms with E-state index in [0.717, 1.165) is 6.26 Å². The number of hydrogen-bond acceptors (Lipinski definition) is 6. The summed E-state index contributed by atoms with van der Waals surface area (Å²) < 4.78 is 6.82. The van der Waals surface area contributed by atoms with Gasteiger partial charge in [-0.25, -0.2) is 4.98 Å². The SMILES string of the molecule is CC(C)n1c(SCc2cc(=O)c(O)co2)nc2ccccc2c1=O. The molecule has 124 valence electrons. The summed E-state index contributed by atoms with van der Waals surface area (Å²) >= 11 is 1.31. The summed E-state index contributed by atoms with van der Waals surface area (Å²) in [6.45, 7) is 3.84. The number of aromatic nitrogens is 2. The van der Waals surface area contributed by atoms with Crippen LogP contribution in [0.4, 0.5) is 0 Å². The lowest BCUT2D eigenvalue weighted by atomic mass is 10.2. The van der Waals surface area contributed by atoms with Gasteiger partial charge >= 0.3 is 0 Å². The molecule has 24 heavy (non-hydrogen) atoms. The normalized spacial score (nSPS) is 11.3. The largest absolute Gasteiger partial charge is 0.502 e. The average molecular weight is 344 g/mol. The first-order valence-corrected chi connectivity index (χ1v) is 8.40. The number of thioether (sulfide) groups is 1. The number of rotatable bonds is 4. The van der Waals surface area contributed by atoms with E-state index >= 15 is 0 Å². The van der Waals surface area contributed by atoms with E-state index in [9.17, 15) is 14.7 Å². The van der Waals surface area contributed by atoms with Crippen LogP contribution in [0.3, 0.4) is 0 Å². The lowest BCUT2D eigenvalue weighted by molar-refractivity contribution is 0.419. The molecule has 3 aromatic rings. The summed E-state index contributed by atoms with van der Waals surface area (Å²) in [5.41, 5.74) is 0.0453. The van der Waals surface area contributed by atoms with Gasteiger partial charge in [-0.2, -0.15) is 0 Å². The van der Waals surface area contributed by atoms with Crippen molar-refractivity contribution in [2.45, 2.75) is 30.8 Å². The molecule has 0 amide bonds. The van der Waals surface area contributed by atoms with E-state index in [-0.39, 0.29) is 11.6 Å². The molecule has 3 rings (SSSR count). The predicted molar refractivity (Wildman–Crippen MR) is 92.6 cm³/mol. The molecule has 0 saturated heterocycles. The first-order chi connectivity index (χ1) is 11.5. The van der Waals surface area contributed by atoms with Crippen LogP contribution in [-0.2, 0) is 5.75 Å². The summed E-state index contributed by atoms with van der Waals surface area (Å²) in [4.78, 5) is 28.7. The van der Waals surface area contributed by atoms with Gasteiger partial charge in [0.05, 0.1) is 16.7 Å². The average Bonchev–Trinajstić information content (AvgIpc) is 2.55. The van der Waals surface area contributed by atoms with E-state index in [4.69, 9.17) is 4.42 Å². The van der Waals surface area contributed by atoms with Gasteiger partial charge < -0.3 is 9.52 Å². The van der Waals surface area contributed by atoms with Gasteiger partial charge in [0, 0.05) is 12.1 Å². The van der Waals surface area contributed by atoms with Gasteiger partial charge in [0.2, 0.25) is 5.43 Å². The summed E-state index contributed by atoms with van der Waals surface area (Å²) in [6.07, 6.45) is 1.02. The minimum Gasteiger partial charge on any atom is -0.502 e. The first-order valence-electron chi connectivity index (χ1n) is 7.42. The van der Waals surface area contributed by atoms with Gasteiger partial charge in [0.25, 0.3) is 5.56 Å². The second-order valence-corrected chi connectivity index (χ2v) is 6.51. The maximum Gasteiger partial charge on any atom is 0.262 e. The van der Waals surface area contributed by atoms with Crippen LogP contribution in [0.2, 0.25) is 0 Å². The van der Waals surface area contributed by atoms with E-state index in [1.807, 2.05) is 26.0 Å². The van der Waals surface area contributed by atoms with Gasteiger partial charge in [-0.1, -0.05) is 23.9 Å². The van der Waals surface area contributed by atoms with Crippen LogP contribution in [0.25, 0.3) is 10.9 Å². The highest BCUT2D eigenvalue weighted by atomic mass is 32.2. The minimum atomic E-state index is -0.496. The Balaban J connectivity index is 2.01. The number of nitrogens with zero attached hydrogens (tertiary/aromatic N) is 2. The Kier molecular flexibility index (Phi) is 4.44. The van der Waals surface area contributed by atoms with Crippen molar-refractivity contribution in [3.63, 3.8) is 0 Å². The zero-order chi connectivity index (χ0) is 17.3. The smallest absolute Gasteiger partial charge is 0.262 e. The quantitative estimate of drug-likeness (QED) is 0.578. The van der Waals surface area contributed by atoms with Crippen LogP contribution in [-0.4, -0.2) is 14.7 Å². The standard InChI is InChI=1S/C17H16N2O4S/c1-10(2)19-16(22)12-5-3-4-6-13(12)18-17(19)24-9-11-7-14(20)15(21)8-23-11/h3-8,10,21H,9H2,1-2H3. The van der Waals surface area contributed by atoms with Crippen molar-refractivity contribution in [1.82, 2.24) is 9.55 Å². The fourth-order valence-electron chi connectivity index (χ4n) is 2.34. The van der Waals surface area contributed by atoms with Crippen LogP contribution in [0.15, 0.2) is 55.8 Å². The summed E-state index contributed by atoms with van der Waals surface area (Å²) in [5, 5.41) is 10.4. The van der Waals surface area contributed by atoms with Crippen LogP contribution in [0.1, 0.15) is 25.6 Å². The van der Waals surface area contributed by atoms with E-state index < -0.39 is 11.2 Å². The molecule has 2 heterocycles. The zero-order valence-corrected chi connectivity index (χ0v) is 14.0. The predicted octanol–water partition coefficient (Wildman–Crippen LogP) is 2.93. The topological polar surface area (TPSA) is 85.3 Å². The highest BCUT2D eigenvalue weighted by Crippen LogP contribution is 2.24. The van der Waals surface area contributed by atoms with E-state index in [2.05, 4.69) is 4.98 Å². The van der Waals surface area contributed by atoms with Crippen molar-refractivity contribution in [2.75, 3.05) is 0 Å². The Hall–Kier alpha value is -2.54. The Bertz CT molecular complexity index is 1010. The number of aromatic hydroxyl groups is 1. The molecule has 0 aliphatic heterocycles. The number of fused-ring (bicyclic) bond motifs is 1. The highest BCUT2D eigenvalue weighted by Gasteiger charge is 2.14. The minimum absolute atomic E-state index is 0.0519. The van der Waals surface area contributed by atoms with Crippen LogP contribution in [0.5, 0.6) is 5.75 Å². The fraction of sp³-hybridized carbons (Fsp3) is 0.235. The molecule has 0 fully saturated rings. The van der Waals surface area contributed by atoms with Gasteiger partial charge in [-0.3, -0.25) is 14.2 Å². The van der Waals surface area contributed by atoms with Crippen LogP contribution >= 0.6 is 11.8 Å². The Labute approximate surface area is 141 Å². The van der Waals surface area contributed by atoms with Gasteiger partial charge in [-0.05, 0) is 26.0 Å². The molecule has 0 unspecified atom stereocenters. The molecule has 0 saturated carbocycles. The number of benzene rings is 1. The summed E-state index contributed by atoms with van der Waals surface area (Å²) in [6, 6.07) is 8.39. The molecule has 0 aliphatic carbocycles. The monoisotopic (exact) mass is 344 g/mol. The third-order valence-electron chi connectivity index (χ3n) is 3.50. The van der Waals surface area contributed by atoms with Crippen molar-refractivity contribution in [1.29, 1.82) is 0 Å². The molecule has 6 nitrogen and oxygen atoms in total. The molecule has 0 bridgehead atoms. The molecule has 2 aromatic heterocycles. The fourth-order valence-corrected chi connectivity index (χ4v) is 3.36. The summed E-state index contributed by atoms with van der Waals surface area (Å²) in [7, 11) is 0. The molecule has 0 aliphatic rings. The maximum atomic E-state index is 12.7. The second-order valence-electron chi connectivity index (χ2n) is 5.56. The van der Waals surface area contributed by atoms with Crippen molar-refractivity contribution < 1.29 is 9.52 Å². The van der Waals surface area contributed by atoms with E-state index in [0.29, 0.717) is 27.6 Å². The van der Waals surface area contributed by atoms with Crippen LogP contribution in [0, 0.1) is 0 Å². The molecular formula is C17H16N2O4S. The Morgan fingerprint density at radius 1 is 1.29 bits per heavy atom. The number of para-hydroxylation sites is 1. The lowest BCUT2D eigenvalue weighted by Gasteiger charge is -2.15. The zero-order valence-electron chi connectivity index (χ0n) is 13.2. The van der Waals surface area contributed by atoms with Crippen LogP contribution < -0.4 is 11.0 Å². The molecule has 0 atom stereocenters. The van der Waals surface area contributed by atoms with E-state index in [1.165, 1.54) is 17.8 Å². The van der Waals surface area contributed by atoms with Crippen molar-refractivity contribution in [3.05, 3.63) is 62.9 Å². The van der Waals surface area contributed by atoms with Gasteiger partial charge in [-0.15, -0.1) is 0 Å². The Morgan fingerprint density at radius 3 is 2.75 bits per heavy atom. The molecule has 7 heteroatoms. The van der Waals surface area contributed by atoms with E-state index in [1.54, 1.807) is 16.7 Å². The third-order valence-corrected chi connectivity index (χ3v) is 4.48. The first kappa shape index (κ1) is 16.3. The summed E-state index contributed by atoms with van der Waals surface area (Å²) in [5.74, 6) is 0.305. The molecule has 1 aromatic carbocycles. The van der Waals surface area contributed by atoms with Crippen molar-refractivity contribution in [3.8, 4) is 5.75 Å². The van der Waals surface area contributed by atoms with Gasteiger partial charge in [0.15, 0.2) is 10.9 Å².